The fourth-order valence-corrected chi connectivity index (χ4v) is 2.91. The largest absolute Gasteiger partial charge is 0.389 e. The van der Waals surface area contributed by atoms with E-state index in [-0.39, 0.29) is 6.10 Å². The predicted molar refractivity (Wildman–Crippen MR) is 82.0 cm³/mol. The summed E-state index contributed by atoms with van der Waals surface area (Å²) in [5, 5.41) is 13.8. The molecular weight excluding hydrogens is 252 g/mol. The van der Waals surface area contributed by atoms with E-state index >= 15 is 0 Å². The maximum absolute atomic E-state index is 10.1. The van der Waals surface area contributed by atoms with E-state index in [2.05, 4.69) is 17.1 Å². The second-order valence-corrected chi connectivity index (χ2v) is 6.41. The van der Waals surface area contributed by atoms with Crippen LogP contribution in [0.15, 0.2) is 0 Å². The van der Waals surface area contributed by atoms with Crippen molar-refractivity contribution >= 4 is 0 Å². The number of hydrogen-bond acceptors (Lipinski definition) is 4. The van der Waals surface area contributed by atoms with E-state index in [1.807, 2.05) is 0 Å². The molecule has 0 aromatic heterocycles. The molecular formula is C16H32N2O2. The van der Waals surface area contributed by atoms with Crippen LogP contribution in [0.2, 0.25) is 0 Å². The highest BCUT2D eigenvalue weighted by atomic mass is 16.5. The molecule has 1 aliphatic carbocycles. The molecule has 0 radical (unpaired) electrons. The van der Waals surface area contributed by atoms with Gasteiger partial charge in [0.15, 0.2) is 0 Å². The van der Waals surface area contributed by atoms with E-state index < -0.39 is 0 Å². The highest BCUT2D eigenvalue weighted by Crippen LogP contribution is 2.21. The number of nitrogens with zero attached hydrogens (tertiary/aromatic N) is 1. The first-order valence-corrected chi connectivity index (χ1v) is 8.53. The van der Waals surface area contributed by atoms with Crippen LogP contribution < -0.4 is 5.32 Å². The number of nitrogens with one attached hydrogen (secondary N) is 1. The van der Waals surface area contributed by atoms with Gasteiger partial charge in [0.2, 0.25) is 0 Å². The summed E-state index contributed by atoms with van der Waals surface area (Å²) in [6.45, 7) is 6.41. The molecule has 4 nitrogen and oxygen atoms in total. The van der Waals surface area contributed by atoms with Crippen LogP contribution in [0.4, 0.5) is 0 Å². The van der Waals surface area contributed by atoms with Crippen molar-refractivity contribution < 1.29 is 9.84 Å². The SMILES string of the molecule is CCCCOCC(O)CN1CCCCC1CNC1CC1. The average Bonchev–Trinajstić information content (AvgIpc) is 3.27. The number of aliphatic hydroxyl groups excluding tert-OH is 1. The third-order valence-corrected chi connectivity index (χ3v) is 4.37. The van der Waals surface area contributed by atoms with Crippen molar-refractivity contribution in [1.82, 2.24) is 10.2 Å². The van der Waals surface area contributed by atoms with E-state index in [1.54, 1.807) is 0 Å². The summed E-state index contributed by atoms with van der Waals surface area (Å²) in [4.78, 5) is 2.47. The third-order valence-electron chi connectivity index (χ3n) is 4.37. The molecule has 0 aromatic rings. The third kappa shape index (κ3) is 6.08. The molecule has 20 heavy (non-hydrogen) atoms. The average molecular weight is 284 g/mol. The lowest BCUT2D eigenvalue weighted by Crippen LogP contribution is -2.49. The zero-order chi connectivity index (χ0) is 14.2. The fourth-order valence-electron chi connectivity index (χ4n) is 2.91. The van der Waals surface area contributed by atoms with E-state index in [0.717, 1.165) is 45.1 Å². The Morgan fingerprint density at radius 2 is 2.15 bits per heavy atom. The molecule has 2 rings (SSSR count). The normalized spacial score (nSPS) is 25.8. The standard InChI is InChI=1S/C16H32N2O2/c1-2-3-10-20-13-16(19)12-18-9-5-4-6-15(18)11-17-14-7-8-14/h14-17,19H,2-13H2,1H3. The van der Waals surface area contributed by atoms with Crippen LogP contribution in [0.1, 0.15) is 51.9 Å². The number of rotatable bonds is 10. The molecule has 1 saturated carbocycles. The molecule has 118 valence electrons. The van der Waals surface area contributed by atoms with Crippen molar-refractivity contribution in [2.24, 2.45) is 0 Å². The minimum atomic E-state index is -0.339. The first kappa shape index (κ1) is 16.2. The topological polar surface area (TPSA) is 44.7 Å². The Bertz CT molecular complexity index is 259. The second-order valence-electron chi connectivity index (χ2n) is 6.41. The van der Waals surface area contributed by atoms with Gasteiger partial charge < -0.3 is 15.2 Å². The molecule has 1 saturated heterocycles. The van der Waals surface area contributed by atoms with Crippen molar-refractivity contribution in [1.29, 1.82) is 0 Å². The van der Waals surface area contributed by atoms with Gasteiger partial charge in [-0.3, -0.25) is 4.90 Å². The summed E-state index contributed by atoms with van der Waals surface area (Å²) < 4.78 is 5.53. The van der Waals surface area contributed by atoms with Gasteiger partial charge in [-0.25, -0.2) is 0 Å². The van der Waals surface area contributed by atoms with Gasteiger partial charge in [0.1, 0.15) is 0 Å². The molecule has 4 heteroatoms. The Kier molecular flexibility index (Phi) is 7.28. The fraction of sp³-hybridized carbons (Fsp3) is 1.00. The molecule has 2 N–H and O–H groups in total. The number of ether oxygens (including phenoxy) is 1. The van der Waals surface area contributed by atoms with Gasteiger partial charge in [-0.05, 0) is 38.6 Å². The summed E-state index contributed by atoms with van der Waals surface area (Å²) in [5.74, 6) is 0. The number of unbranched alkanes of at least 4 members (excludes halogenated alkanes) is 1. The lowest BCUT2D eigenvalue weighted by molar-refractivity contribution is 0.00157. The van der Waals surface area contributed by atoms with Crippen molar-refractivity contribution in [2.45, 2.75) is 70.1 Å². The molecule has 2 aliphatic rings. The highest BCUT2D eigenvalue weighted by molar-refractivity contribution is 4.86. The van der Waals surface area contributed by atoms with Crippen LogP contribution in [0.3, 0.4) is 0 Å². The number of likely N-dealkylation sites (tertiary alicyclic amines) is 1. The summed E-state index contributed by atoms with van der Waals surface area (Å²) in [6, 6.07) is 1.38. The van der Waals surface area contributed by atoms with Crippen LogP contribution in [0.5, 0.6) is 0 Å². The van der Waals surface area contributed by atoms with Gasteiger partial charge in [0.25, 0.3) is 0 Å². The monoisotopic (exact) mass is 284 g/mol. The predicted octanol–water partition coefficient (Wildman–Crippen LogP) is 1.77. The Hall–Kier alpha value is -0.160. The summed E-state index contributed by atoms with van der Waals surface area (Å²) in [6.07, 6.45) is 8.46. The van der Waals surface area contributed by atoms with E-state index in [4.69, 9.17) is 4.74 Å². The summed E-state index contributed by atoms with van der Waals surface area (Å²) in [7, 11) is 0. The van der Waals surface area contributed by atoms with Crippen molar-refractivity contribution in [3.63, 3.8) is 0 Å². The van der Waals surface area contributed by atoms with Crippen LogP contribution in [0.25, 0.3) is 0 Å². The molecule has 1 aliphatic heterocycles. The molecule has 2 unspecified atom stereocenters. The van der Waals surface area contributed by atoms with Crippen LogP contribution >= 0.6 is 0 Å². The molecule has 2 atom stereocenters. The van der Waals surface area contributed by atoms with Crippen LogP contribution in [-0.4, -0.2) is 61.0 Å². The molecule has 0 aromatic carbocycles. The number of aliphatic hydroxyl groups is 1. The zero-order valence-corrected chi connectivity index (χ0v) is 13.0. The van der Waals surface area contributed by atoms with Crippen LogP contribution in [-0.2, 0) is 4.74 Å². The quantitative estimate of drug-likeness (QED) is 0.600. The molecule has 0 spiro atoms. The van der Waals surface area contributed by atoms with Gasteiger partial charge in [-0.1, -0.05) is 19.8 Å². The van der Waals surface area contributed by atoms with Gasteiger partial charge in [0.05, 0.1) is 12.7 Å². The van der Waals surface area contributed by atoms with Crippen molar-refractivity contribution in [3.05, 3.63) is 0 Å². The van der Waals surface area contributed by atoms with Crippen molar-refractivity contribution in [3.8, 4) is 0 Å². The maximum Gasteiger partial charge on any atom is 0.0900 e. The zero-order valence-electron chi connectivity index (χ0n) is 13.0. The number of β-amino-alcohol motifs (C(OH)–C–C–N with tert-alkyl or cyclic N) is 1. The van der Waals surface area contributed by atoms with E-state index in [0.29, 0.717) is 12.6 Å². The Morgan fingerprint density at radius 3 is 2.90 bits per heavy atom. The molecule has 0 bridgehead atoms. The van der Waals surface area contributed by atoms with Gasteiger partial charge in [-0.2, -0.15) is 0 Å². The molecule has 2 fully saturated rings. The van der Waals surface area contributed by atoms with Gasteiger partial charge >= 0.3 is 0 Å². The molecule has 0 amide bonds. The number of hydrogen-bond donors (Lipinski definition) is 2. The van der Waals surface area contributed by atoms with Gasteiger partial charge in [0, 0.05) is 31.8 Å². The maximum atomic E-state index is 10.1. The lowest BCUT2D eigenvalue weighted by atomic mass is 10.0. The first-order valence-electron chi connectivity index (χ1n) is 8.53. The lowest BCUT2D eigenvalue weighted by Gasteiger charge is -2.37. The van der Waals surface area contributed by atoms with E-state index in [9.17, 15) is 5.11 Å². The Balaban J connectivity index is 1.64. The smallest absolute Gasteiger partial charge is 0.0900 e. The Labute approximate surface area is 123 Å². The van der Waals surface area contributed by atoms with Crippen molar-refractivity contribution in [2.75, 3.05) is 32.8 Å². The second kappa shape index (κ2) is 8.98. The Morgan fingerprint density at radius 1 is 1.30 bits per heavy atom. The summed E-state index contributed by atoms with van der Waals surface area (Å²) in [5.41, 5.74) is 0. The minimum Gasteiger partial charge on any atom is -0.389 e. The number of piperidine rings is 1. The summed E-state index contributed by atoms with van der Waals surface area (Å²) >= 11 is 0. The first-order chi connectivity index (χ1) is 9.79. The van der Waals surface area contributed by atoms with E-state index in [1.165, 1.54) is 32.1 Å². The van der Waals surface area contributed by atoms with Gasteiger partial charge in [-0.15, -0.1) is 0 Å². The van der Waals surface area contributed by atoms with Crippen LogP contribution in [0, 0.1) is 0 Å². The minimum absolute atomic E-state index is 0.339. The molecule has 1 heterocycles. The highest BCUT2D eigenvalue weighted by Gasteiger charge is 2.27.